The second-order valence-electron chi connectivity index (χ2n) is 1.20. The Labute approximate surface area is 180 Å². The molecule has 16 heavy (non-hydrogen) atoms. The van der Waals surface area contributed by atoms with Gasteiger partial charge in [0.05, 0.1) is 0 Å². The summed E-state index contributed by atoms with van der Waals surface area (Å²) in [4.78, 5) is 39.1. The normalized spacial score (nSPS) is 6.69. The zero-order valence-electron chi connectivity index (χ0n) is 6.06. The molecule has 0 rings (SSSR count). The number of hydrogen-bond acceptors (Lipinski definition) is 3. The molecule has 0 aliphatic rings. The summed E-state index contributed by atoms with van der Waals surface area (Å²) in [6, 6.07) is -0.833. The van der Waals surface area contributed by atoms with Crippen molar-refractivity contribution in [2.45, 2.75) is 0 Å². The van der Waals surface area contributed by atoms with Gasteiger partial charge in [-0.25, -0.2) is 14.2 Å². The Morgan fingerprint density at radius 1 is 0.875 bits per heavy atom. The van der Waals surface area contributed by atoms with Crippen LogP contribution in [-0.4, -0.2) is 150 Å². The maximum absolute atomic E-state index is 9.00. The molecule has 9 N–H and O–H groups in total. The van der Waals surface area contributed by atoms with Crippen LogP contribution in [0.1, 0.15) is 0 Å². The Hall–Kier alpha value is 2.43. The van der Waals surface area contributed by atoms with Gasteiger partial charge in [-0.15, -0.1) is 0 Å². The molecule has 0 aliphatic carbocycles. The number of amides is 2. The summed E-state index contributed by atoms with van der Waals surface area (Å²) in [6.07, 6.45) is -1.83. The average molecular weight is 346 g/mol. The molecular weight excluding hydrogens is 331 g/mol. The second-order valence-corrected chi connectivity index (χ2v) is 2.22. The van der Waals surface area contributed by atoms with Crippen molar-refractivity contribution < 1.29 is 39.0 Å². The van der Waals surface area contributed by atoms with Gasteiger partial charge in [-0.3, -0.25) is 0 Å². The van der Waals surface area contributed by atoms with Crippen molar-refractivity contribution in [2.24, 2.45) is 11.5 Å². The molecule has 0 spiro atoms. The molecule has 0 aromatic heterocycles. The van der Waals surface area contributed by atoms with Crippen LogP contribution in [0.5, 0.6) is 0 Å². The molecular formula is C2H15Ca3N2O8P. The zero-order valence-corrected chi connectivity index (χ0v) is 6.96. The van der Waals surface area contributed by atoms with E-state index >= 15 is 0 Å². The van der Waals surface area contributed by atoms with Crippen molar-refractivity contribution in [1.82, 2.24) is 0 Å². The van der Waals surface area contributed by atoms with Gasteiger partial charge in [-0.05, 0) is 0 Å². The van der Waals surface area contributed by atoms with Gasteiger partial charge < -0.3 is 36.4 Å². The second kappa shape index (κ2) is 22.6. The van der Waals surface area contributed by atoms with E-state index in [1.807, 2.05) is 0 Å². The number of hydrogen-bond donors (Lipinski definition) is 7. The first-order valence-corrected chi connectivity index (χ1v) is 3.78. The van der Waals surface area contributed by atoms with Crippen LogP contribution in [0.25, 0.3) is 0 Å². The summed E-state index contributed by atoms with van der Waals surface area (Å²) in [7, 11) is -4.64. The van der Waals surface area contributed by atoms with Gasteiger partial charge in [0.15, 0.2) is 0 Å². The number of carbonyl (C=O) groups is 2. The molecule has 10 nitrogen and oxygen atoms in total. The van der Waals surface area contributed by atoms with E-state index in [-0.39, 0.29) is 113 Å². The van der Waals surface area contributed by atoms with Crippen LogP contribution in [-0.2, 0) is 4.57 Å². The van der Waals surface area contributed by atoms with Gasteiger partial charge >= 0.3 is 133 Å². The van der Waals surface area contributed by atoms with E-state index < -0.39 is 20.0 Å². The van der Waals surface area contributed by atoms with Crippen molar-refractivity contribution in [3.63, 3.8) is 0 Å². The monoisotopic (exact) mass is 346 g/mol. The molecule has 14 heteroatoms. The summed E-state index contributed by atoms with van der Waals surface area (Å²) in [6.45, 7) is 0. The first-order chi connectivity index (χ1) is 5.46. The molecule has 2 amide bonds. The zero-order chi connectivity index (χ0) is 11.7. The standard InChI is InChI=1S/CH4N2O.CH2O3.3Ca.H3O4P.6H/c2*2-1(3)4;;;;1-5(2,3)4;;;;;;/h(H4,2,3,4);(H2,2,3,4);;;;(H3,1,2,3,4);;;;;;. The van der Waals surface area contributed by atoms with Gasteiger partial charge in [-0.1, -0.05) is 0 Å². The fraction of sp³-hybridized carbons (Fsp3) is 0. The van der Waals surface area contributed by atoms with Crippen LogP contribution in [0.4, 0.5) is 9.59 Å². The fourth-order valence-corrected chi connectivity index (χ4v) is 0. The van der Waals surface area contributed by atoms with E-state index in [1.54, 1.807) is 0 Å². The Kier molecular flexibility index (Phi) is 51.2. The summed E-state index contributed by atoms with van der Waals surface area (Å²) < 4.78 is 8.88. The van der Waals surface area contributed by atoms with E-state index in [1.165, 1.54) is 0 Å². The molecule has 0 atom stereocenters. The third kappa shape index (κ3) is 663. The predicted molar refractivity (Wildman–Crippen MR) is 64.3 cm³/mol. The van der Waals surface area contributed by atoms with Gasteiger partial charge in [0, 0.05) is 0 Å². The quantitative estimate of drug-likeness (QED) is 0.168. The third-order valence-electron chi connectivity index (χ3n) is 0. The molecule has 0 aromatic rings. The first-order valence-electron chi connectivity index (χ1n) is 2.22. The number of rotatable bonds is 0. The van der Waals surface area contributed by atoms with Crippen LogP contribution in [0, 0.1) is 0 Å². The van der Waals surface area contributed by atoms with E-state index in [0.717, 1.165) is 0 Å². The van der Waals surface area contributed by atoms with E-state index in [2.05, 4.69) is 11.5 Å². The molecule has 0 fully saturated rings. The molecule has 0 saturated heterocycles. The number of carboxylic acid groups (broad SMARTS) is 2. The van der Waals surface area contributed by atoms with E-state index in [4.69, 9.17) is 39.0 Å². The summed E-state index contributed by atoms with van der Waals surface area (Å²) in [5, 5.41) is 13.9. The summed E-state index contributed by atoms with van der Waals surface area (Å²) in [5.41, 5.74) is 8.50. The molecule has 0 saturated carbocycles. The Morgan fingerprint density at radius 3 is 0.875 bits per heavy atom. The molecule has 92 valence electrons. The van der Waals surface area contributed by atoms with Gasteiger partial charge in [0.25, 0.3) is 0 Å². The number of nitrogens with two attached hydrogens (primary N) is 2. The SMILES string of the molecule is NC(N)=O.O=C(O)O.O=P(O)(O)O.[CaH2].[CaH2].[CaH2]. The van der Waals surface area contributed by atoms with Crippen LogP contribution in [0.15, 0.2) is 0 Å². The molecule has 0 unspecified atom stereocenters. The Balaban J connectivity index is -0.0000000216. The van der Waals surface area contributed by atoms with Crippen molar-refractivity contribution >= 4 is 133 Å². The number of carbonyl (C=O) groups excluding carboxylic acids is 1. The predicted octanol–water partition coefficient (Wildman–Crippen LogP) is -4.43. The number of primary amides is 2. The van der Waals surface area contributed by atoms with Crippen LogP contribution in [0.3, 0.4) is 0 Å². The minimum absolute atomic E-state index is 0. The van der Waals surface area contributed by atoms with Crippen molar-refractivity contribution in [2.75, 3.05) is 0 Å². The van der Waals surface area contributed by atoms with Crippen molar-refractivity contribution in [3.05, 3.63) is 0 Å². The number of urea groups is 1. The molecule has 0 heterocycles. The summed E-state index contributed by atoms with van der Waals surface area (Å²) >= 11 is 0. The maximum atomic E-state index is 9.00. The van der Waals surface area contributed by atoms with Gasteiger partial charge in [0.2, 0.25) is 0 Å². The van der Waals surface area contributed by atoms with Crippen LogP contribution in [0.2, 0.25) is 0 Å². The van der Waals surface area contributed by atoms with Crippen LogP contribution >= 0.6 is 7.82 Å². The van der Waals surface area contributed by atoms with Gasteiger partial charge in [-0.2, -0.15) is 0 Å². The molecule has 0 radical (unpaired) electrons. The topological polar surface area (TPSA) is 204 Å². The minimum atomic E-state index is -4.64. The summed E-state index contributed by atoms with van der Waals surface area (Å²) in [5.74, 6) is 0. The third-order valence-corrected chi connectivity index (χ3v) is 0. The Bertz CT molecular complexity index is 179. The van der Waals surface area contributed by atoms with Crippen molar-refractivity contribution in [1.29, 1.82) is 0 Å². The van der Waals surface area contributed by atoms with E-state index in [9.17, 15) is 0 Å². The molecule has 0 aromatic carbocycles. The molecule has 0 bridgehead atoms. The van der Waals surface area contributed by atoms with Crippen molar-refractivity contribution in [3.8, 4) is 0 Å². The average Bonchev–Trinajstić information content (AvgIpc) is 1.50. The fourth-order valence-electron chi connectivity index (χ4n) is 0. The van der Waals surface area contributed by atoms with Gasteiger partial charge in [0.1, 0.15) is 0 Å². The molecule has 0 aliphatic heterocycles. The number of phosphoric acid groups is 1. The first kappa shape index (κ1) is 36.2. The van der Waals surface area contributed by atoms with E-state index in [0.29, 0.717) is 0 Å². The van der Waals surface area contributed by atoms with Crippen LogP contribution < -0.4 is 11.5 Å². The Morgan fingerprint density at radius 2 is 0.875 bits per heavy atom.